The highest BCUT2D eigenvalue weighted by Crippen LogP contribution is 2.44. The first-order valence-electron chi connectivity index (χ1n) is 9.71. The second-order valence-corrected chi connectivity index (χ2v) is 8.41. The van der Waals surface area contributed by atoms with E-state index in [9.17, 15) is 9.18 Å². The van der Waals surface area contributed by atoms with Crippen LogP contribution in [0.4, 0.5) is 10.1 Å². The van der Waals surface area contributed by atoms with Crippen LogP contribution in [0, 0.1) is 5.82 Å². The number of carbonyl (C=O) groups excluding carboxylic acids is 1. The van der Waals surface area contributed by atoms with Crippen LogP contribution in [0.25, 0.3) is 0 Å². The maximum atomic E-state index is 13.2. The lowest BCUT2D eigenvalue weighted by molar-refractivity contribution is 0.0954. The van der Waals surface area contributed by atoms with Crippen molar-refractivity contribution < 1.29 is 9.18 Å². The molecule has 1 amide bonds. The average Bonchev–Trinajstić information content (AvgIpc) is 2.61. The van der Waals surface area contributed by atoms with Crippen molar-refractivity contribution in [2.24, 2.45) is 5.10 Å². The van der Waals surface area contributed by atoms with Crippen molar-refractivity contribution >= 4 is 17.8 Å². The lowest BCUT2D eigenvalue weighted by Gasteiger charge is -2.50. The van der Waals surface area contributed by atoms with Crippen molar-refractivity contribution in [3.63, 3.8) is 0 Å². The molecule has 28 heavy (non-hydrogen) atoms. The zero-order valence-corrected chi connectivity index (χ0v) is 17.2. The fourth-order valence-corrected chi connectivity index (χ4v) is 4.39. The summed E-state index contributed by atoms with van der Waals surface area (Å²) in [7, 11) is 0. The number of hydrogen-bond donors (Lipinski definition) is 1. The lowest BCUT2D eigenvalue weighted by Crippen LogP contribution is -2.51. The number of halogens is 1. The summed E-state index contributed by atoms with van der Waals surface area (Å²) in [5.74, 6) is -0.442. The van der Waals surface area contributed by atoms with Gasteiger partial charge in [-0.3, -0.25) is 4.79 Å². The Morgan fingerprint density at radius 1 is 1.29 bits per heavy atom. The van der Waals surface area contributed by atoms with Gasteiger partial charge in [0.15, 0.2) is 0 Å². The Labute approximate surface area is 166 Å². The number of nitrogens with zero attached hydrogens (tertiary/aromatic N) is 2. The third kappa shape index (κ3) is 4.08. The minimum atomic E-state index is -0.446. The first-order valence-corrected chi connectivity index (χ1v) is 9.71. The lowest BCUT2D eigenvalue weighted by atomic mass is 9.79. The van der Waals surface area contributed by atoms with Gasteiger partial charge in [-0.2, -0.15) is 5.10 Å². The largest absolute Gasteiger partial charge is 0.364 e. The number of rotatable bonds is 4. The van der Waals surface area contributed by atoms with Crippen molar-refractivity contribution in [1.82, 2.24) is 5.43 Å². The molecule has 1 atom stereocenters. The summed E-state index contributed by atoms with van der Waals surface area (Å²) >= 11 is 0. The van der Waals surface area contributed by atoms with Gasteiger partial charge in [0.05, 0.1) is 6.21 Å². The van der Waals surface area contributed by atoms with Crippen LogP contribution in [0.1, 0.15) is 68.4 Å². The monoisotopic (exact) mass is 381 g/mol. The van der Waals surface area contributed by atoms with Gasteiger partial charge in [-0.25, -0.2) is 9.82 Å². The normalized spacial score (nSPS) is 18.4. The van der Waals surface area contributed by atoms with E-state index in [0.29, 0.717) is 12.0 Å². The molecule has 0 saturated carbocycles. The number of amides is 1. The van der Waals surface area contributed by atoms with Gasteiger partial charge in [-0.1, -0.05) is 19.1 Å². The fraction of sp³-hybridized carbons (Fsp3) is 0.391. The van der Waals surface area contributed by atoms with Gasteiger partial charge in [0.2, 0.25) is 0 Å². The van der Waals surface area contributed by atoms with Gasteiger partial charge in [-0.05, 0) is 81.5 Å². The van der Waals surface area contributed by atoms with Crippen LogP contribution in [-0.4, -0.2) is 23.7 Å². The number of hydrazone groups is 1. The molecule has 1 aliphatic heterocycles. The zero-order valence-electron chi connectivity index (χ0n) is 17.2. The maximum absolute atomic E-state index is 13.2. The topological polar surface area (TPSA) is 44.7 Å². The molecule has 1 N–H and O–H groups in total. The van der Waals surface area contributed by atoms with Gasteiger partial charge in [0.25, 0.3) is 5.91 Å². The van der Waals surface area contributed by atoms with E-state index < -0.39 is 11.7 Å². The minimum absolute atomic E-state index is 0.106. The summed E-state index contributed by atoms with van der Waals surface area (Å²) in [5, 5.41) is 4.04. The van der Waals surface area contributed by atoms with Crippen LogP contribution < -0.4 is 10.3 Å². The number of anilines is 1. The molecule has 0 radical (unpaired) electrons. The van der Waals surface area contributed by atoms with Crippen molar-refractivity contribution in [3.05, 3.63) is 65.0 Å². The first-order chi connectivity index (χ1) is 13.2. The predicted molar refractivity (Wildman–Crippen MR) is 113 cm³/mol. The van der Waals surface area contributed by atoms with Gasteiger partial charge < -0.3 is 4.90 Å². The second-order valence-electron chi connectivity index (χ2n) is 8.41. The van der Waals surface area contributed by atoms with Crippen LogP contribution >= 0.6 is 0 Å². The molecule has 0 spiro atoms. The third-order valence-electron chi connectivity index (χ3n) is 5.28. The summed E-state index contributed by atoms with van der Waals surface area (Å²) in [5.41, 5.74) is 6.30. The van der Waals surface area contributed by atoms with E-state index in [2.05, 4.69) is 62.2 Å². The van der Waals surface area contributed by atoms with Crippen LogP contribution in [0.15, 0.2) is 47.6 Å². The molecule has 0 bridgehead atoms. The molecule has 0 unspecified atom stereocenters. The summed E-state index contributed by atoms with van der Waals surface area (Å²) in [6.07, 6.45) is 2.71. The molecule has 1 heterocycles. The van der Waals surface area contributed by atoms with Gasteiger partial charge in [-0.15, -0.1) is 0 Å². The Bertz CT molecular complexity index is 904. The number of fused-ring (bicyclic) bond motifs is 1. The molecule has 5 heteroatoms. The summed E-state index contributed by atoms with van der Waals surface area (Å²) < 4.78 is 13.2. The van der Waals surface area contributed by atoms with Gasteiger partial charge >= 0.3 is 0 Å². The Morgan fingerprint density at radius 2 is 2.04 bits per heavy atom. The van der Waals surface area contributed by atoms with E-state index >= 15 is 0 Å². The zero-order chi connectivity index (χ0) is 20.5. The number of benzene rings is 2. The average molecular weight is 381 g/mol. The van der Waals surface area contributed by atoms with Crippen LogP contribution in [0.3, 0.4) is 0 Å². The SMILES string of the molecule is CC(C)N1c2ccc(/C=N\NC(=O)c3cccc(F)c3)cc2[C@@H](C)CC1(C)C. The standard InChI is InChI=1S/C23H28FN3O/c1-15(2)27-21-10-9-17(11-20(21)16(3)13-23(27,4)5)14-25-26-22(28)18-7-6-8-19(24)12-18/h6-12,14-16H,13H2,1-5H3,(H,26,28)/b25-14-/t16-/m0/s1. The first kappa shape index (κ1) is 20.1. The Morgan fingerprint density at radius 3 is 2.71 bits per heavy atom. The quantitative estimate of drug-likeness (QED) is 0.592. The number of carbonyl (C=O) groups is 1. The Balaban J connectivity index is 1.79. The summed E-state index contributed by atoms with van der Waals surface area (Å²) in [6, 6.07) is 12.2. The Kier molecular flexibility index (Phi) is 5.54. The van der Waals surface area contributed by atoms with Crippen LogP contribution in [0.2, 0.25) is 0 Å². The molecular weight excluding hydrogens is 353 g/mol. The summed E-state index contributed by atoms with van der Waals surface area (Å²) in [4.78, 5) is 14.5. The summed E-state index contributed by atoms with van der Waals surface area (Å²) in [6.45, 7) is 11.3. The molecule has 0 aliphatic carbocycles. The molecule has 4 nitrogen and oxygen atoms in total. The van der Waals surface area contributed by atoms with E-state index in [1.165, 1.54) is 29.4 Å². The molecule has 2 aromatic carbocycles. The van der Waals surface area contributed by atoms with E-state index in [-0.39, 0.29) is 11.1 Å². The fourth-order valence-electron chi connectivity index (χ4n) is 4.39. The highest BCUT2D eigenvalue weighted by atomic mass is 19.1. The van der Waals surface area contributed by atoms with Gasteiger partial charge in [0.1, 0.15) is 5.82 Å². The molecule has 3 rings (SSSR count). The van der Waals surface area contributed by atoms with E-state index in [4.69, 9.17) is 0 Å². The number of nitrogens with one attached hydrogen (secondary N) is 1. The third-order valence-corrected chi connectivity index (χ3v) is 5.28. The van der Waals surface area contributed by atoms with Gasteiger partial charge in [0, 0.05) is 22.8 Å². The van der Waals surface area contributed by atoms with Crippen molar-refractivity contribution in [2.75, 3.05) is 4.90 Å². The highest BCUT2D eigenvalue weighted by Gasteiger charge is 2.37. The minimum Gasteiger partial charge on any atom is -0.364 e. The molecule has 0 fully saturated rings. The van der Waals surface area contributed by atoms with E-state index in [1.807, 2.05) is 6.07 Å². The smallest absolute Gasteiger partial charge is 0.271 e. The molecule has 148 valence electrons. The maximum Gasteiger partial charge on any atom is 0.271 e. The second kappa shape index (κ2) is 7.74. The predicted octanol–water partition coefficient (Wildman–Crippen LogP) is 5.09. The Hall–Kier alpha value is -2.69. The highest BCUT2D eigenvalue weighted by molar-refractivity contribution is 5.94. The molecule has 2 aromatic rings. The number of hydrogen-bond acceptors (Lipinski definition) is 3. The van der Waals surface area contributed by atoms with Crippen LogP contribution in [-0.2, 0) is 0 Å². The molecule has 1 aliphatic rings. The van der Waals surface area contributed by atoms with E-state index in [1.54, 1.807) is 12.3 Å². The molecule has 0 saturated heterocycles. The van der Waals surface area contributed by atoms with Crippen molar-refractivity contribution in [2.45, 2.75) is 58.5 Å². The van der Waals surface area contributed by atoms with Crippen molar-refractivity contribution in [1.29, 1.82) is 0 Å². The molecule has 0 aromatic heterocycles. The van der Waals surface area contributed by atoms with Crippen LogP contribution in [0.5, 0.6) is 0 Å². The molecular formula is C23H28FN3O. The van der Waals surface area contributed by atoms with Crippen molar-refractivity contribution in [3.8, 4) is 0 Å². The van der Waals surface area contributed by atoms with E-state index in [0.717, 1.165) is 12.0 Å².